The molecule has 2 saturated heterocycles. The first-order valence-electron chi connectivity index (χ1n) is 16.6. The Labute approximate surface area is 262 Å². The molecular weight excluding hydrogens is 536 g/mol. The lowest BCUT2D eigenvalue weighted by Gasteiger charge is -2.38. The first kappa shape index (κ1) is 36.9. The Morgan fingerprint density at radius 1 is 0.721 bits per heavy atom. The molecule has 2 aliphatic heterocycles. The fourth-order valence-corrected chi connectivity index (χ4v) is 6.59. The first-order valence-corrected chi connectivity index (χ1v) is 16.6. The molecule has 3 fully saturated rings. The van der Waals surface area contributed by atoms with Gasteiger partial charge in [-0.05, 0) is 57.2 Å². The molecule has 2 heterocycles. The predicted octanol–water partition coefficient (Wildman–Crippen LogP) is 6.49. The van der Waals surface area contributed by atoms with Crippen LogP contribution in [0.25, 0.3) is 0 Å². The molecule has 1 saturated carbocycles. The summed E-state index contributed by atoms with van der Waals surface area (Å²) in [5.74, 6) is 3.51. The van der Waals surface area contributed by atoms with Crippen LogP contribution in [0.5, 0.6) is 0 Å². The highest BCUT2D eigenvalue weighted by molar-refractivity contribution is 5.85. The number of nitrogens with zero attached hydrogens (tertiary/aromatic N) is 2. The highest BCUT2D eigenvalue weighted by Crippen LogP contribution is 2.37. The molecule has 240 valence electrons. The number of terminal acetylenes is 1. The number of benzene rings is 1. The third-order valence-electron chi connectivity index (χ3n) is 10.2. The molecule has 3 aliphatic rings. The lowest BCUT2D eigenvalue weighted by atomic mass is 9.72. The number of hydrogen-bond acceptors (Lipinski definition) is 6. The molecule has 0 radical (unpaired) electrons. The van der Waals surface area contributed by atoms with E-state index in [1.54, 1.807) is 0 Å². The van der Waals surface area contributed by atoms with Crippen LogP contribution < -0.4 is 0 Å². The average Bonchev–Trinajstić information content (AvgIpc) is 3.03. The fraction of sp³-hybridized carbons (Fsp3) is 0.703. The SMILES string of the molecule is C#CCN1CCC(C)(C(=O)CC)CC1.CC1(C(=O)CO)CCN(Cc2ccccc2)CC1.CCC(=O)C1(C)CCCCC1. The number of hydrogen-bond donors (Lipinski definition) is 1. The van der Waals surface area contributed by atoms with Gasteiger partial charge in [0.2, 0.25) is 0 Å². The lowest BCUT2D eigenvalue weighted by Crippen LogP contribution is -2.43. The average molecular weight is 595 g/mol. The van der Waals surface area contributed by atoms with E-state index in [-0.39, 0.29) is 28.6 Å². The van der Waals surface area contributed by atoms with Crippen molar-refractivity contribution in [1.29, 1.82) is 0 Å². The van der Waals surface area contributed by atoms with E-state index >= 15 is 0 Å². The van der Waals surface area contributed by atoms with Crippen LogP contribution in [0.2, 0.25) is 0 Å². The van der Waals surface area contributed by atoms with Crippen molar-refractivity contribution in [2.75, 3.05) is 39.3 Å². The zero-order valence-electron chi connectivity index (χ0n) is 27.8. The molecule has 0 amide bonds. The minimum absolute atomic E-state index is 0.0122. The first-order chi connectivity index (χ1) is 20.4. The van der Waals surface area contributed by atoms with Gasteiger partial charge in [-0.25, -0.2) is 0 Å². The van der Waals surface area contributed by atoms with Crippen molar-refractivity contribution in [1.82, 2.24) is 9.80 Å². The molecule has 6 heteroatoms. The van der Waals surface area contributed by atoms with Crippen molar-refractivity contribution >= 4 is 17.3 Å². The van der Waals surface area contributed by atoms with Crippen LogP contribution in [0, 0.1) is 28.6 Å². The van der Waals surface area contributed by atoms with Crippen LogP contribution in [-0.2, 0) is 20.9 Å². The van der Waals surface area contributed by atoms with Crippen LogP contribution in [0.15, 0.2) is 30.3 Å². The zero-order chi connectivity index (χ0) is 31.9. The summed E-state index contributed by atoms with van der Waals surface area (Å²) >= 11 is 0. The molecule has 1 N–H and O–H groups in total. The van der Waals surface area contributed by atoms with E-state index in [0.717, 1.165) is 84.2 Å². The van der Waals surface area contributed by atoms with Gasteiger partial charge in [-0.1, -0.05) is 90.1 Å². The maximum absolute atomic E-state index is 11.7. The fourth-order valence-electron chi connectivity index (χ4n) is 6.59. The molecule has 0 unspecified atom stereocenters. The number of ketones is 3. The van der Waals surface area contributed by atoms with Crippen molar-refractivity contribution in [2.45, 2.75) is 112 Å². The maximum atomic E-state index is 11.7. The van der Waals surface area contributed by atoms with E-state index in [4.69, 9.17) is 11.5 Å². The minimum atomic E-state index is -0.324. The van der Waals surface area contributed by atoms with E-state index in [1.165, 1.54) is 24.8 Å². The molecule has 0 spiro atoms. The Bertz CT molecular complexity index is 1040. The van der Waals surface area contributed by atoms with E-state index in [2.05, 4.69) is 53.8 Å². The summed E-state index contributed by atoms with van der Waals surface area (Å²) in [6.07, 6.45) is 16.3. The molecule has 1 aliphatic carbocycles. The summed E-state index contributed by atoms with van der Waals surface area (Å²) in [5, 5.41) is 8.99. The van der Waals surface area contributed by atoms with Crippen LogP contribution in [0.4, 0.5) is 0 Å². The van der Waals surface area contributed by atoms with Crippen molar-refractivity contribution in [3.05, 3.63) is 35.9 Å². The number of aliphatic hydroxyl groups excluding tert-OH is 1. The van der Waals surface area contributed by atoms with Crippen molar-refractivity contribution in [3.63, 3.8) is 0 Å². The van der Waals surface area contributed by atoms with Gasteiger partial charge in [0.25, 0.3) is 0 Å². The highest BCUT2D eigenvalue weighted by Gasteiger charge is 2.36. The summed E-state index contributed by atoms with van der Waals surface area (Å²) in [7, 11) is 0. The molecular formula is C37H58N2O4. The van der Waals surface area contributed by atoms with Crippen LogP contribution in [0.3, 0.4) is 0 Å². The minimum Gasteiger partial charge on any atom is -0.389 e. The Morgan fingerprint density at radius 3 is 1.60 bits per heavy atom. The largest absolute Gasteiger partial charge is 0.389 e. The lowest BCUT2D eigenvalue weighted by molar-refractivity contribution is -0.133. The van der Waals surface area contributed by atoms with Crippen LogP contribution >= 0.6 is 0 Å². The Balaban J connectivity index is 0.000000233. The number of rotatable bonds is 9. The van der Waals surface area contributed by atoms with E-state index in [1.807, 2.05) is 26.8 Å². The summed E-state index contributed by atoms with van der Waals surface area (Å²) < 4.78 is 0. The molecule has 43 heavy (non-hydrogen) atoms. The molecule has 1 aromatic carbocycles. The van der Waals surface area contributed by atoms with Gasteiger partial charge < -0.3 is 5.11 Å². The Morgan fingerprint density at radius 2 is 1.16 bits per heavy atom. The third-order valence-corrected chi connectivity index (χ3v) is 10.2. The molecule has 6 nitrogen and oxygen atoms in total. The summed E-state index contributed by atoms with van der Waals surface area (Å²) in [6, 6.07) is 10.4. The maximum Gasteiger partial charge on any atom is 0.164 e. The second kappa shape index (κ2) is 17.8. The van der Waals surface area contributed by atoms with Gasteiger partial charge in [-0.15, -0.1) is 6.42 Å². The standard InChI is InChI=1S/C15H21NO2.C12H19NO.C10H18O/c1-15(14(18)12-17)7-9-16(10-8-15)11-13-5-3-2-4-6-13;1-4-8-13-9-6-12(3,7-10-13)11(14)5-2;1-3-9(11)10(2)7-5-4-6-8-10/h2-6,17H,7-12H2,1H3;1H,5-10H2,2-3H3;3-8H2,1-2H3. The van der Waals surface area contributed by atoms with Crippen LogP contribution in [0.1, 0.15) is 111 Å². The molecule has 0 aromatic heterocycles. The molecule has 0 atom stereocenters. The quantitative estimate of drug-likeness (QED) is 0.330. The second-order valence-corrected chi connectivity index (χ2v) is 13.6. The van der Waals surface area contributed by atoms with Crippen LogP contribution in [-0.4, -0.2) is 71.6 Å². The van der Waals surface area contributed by atoms with Gasteiger partial charge in [0, 0.05) is 48.7 Å². The topological polar surface area (TPSA) is 77.9 Å². The number of carbonyl (C=O) groups excluding carboxylic acids is 3. The van der Waals surface area contributed by atoms with Gasteiger partial charge in [0.1, 0.15) is 18.2 Å². The number of Topliss-reactive ketones (excluding diaryl/α,β-unsaturated/α-hetero) is 3. The monoisotopic (exact) mass is 594 g/mol. The Kier molecular flexibility index (Phi) is 15.3. The van der Waals surface area contributed by atoms with Gasteiger partial charge in [-0.2, -0.15) is 0 Å². The predicted molar refractivity (Wildman–Crippen MR) is 176 cm³/mol. The van der Waals surface area contributed by atoms with Crippen molar-refractivity contribution in [2.24, 2.45) is 16.2 Å². The molecule has 1 aromatic rings. The third kappa shape index (κ3) is 11.3. The van der Waals surface area contributed by atoms with Crippen molar-refractivity contribution < 1.29 is 19.5 Å². The summed E-state index contributed by atoms with van der Waals surface area (Å²) in [4.78, 5) is 39.5. The van der Waals surface area contributed by atoms with E-state index in [9.17, 15) is 14.4 Å². The number of aliphatic hydroxyl groups is 1. The molecule has 4 rings (SSSR count). The van der Waals surface area contributed by atoms with Gasteiger partial charge in [0.05, 0.1) is 6.54 Å². The summed E-state index contributed by atoms with van der Waals surface area (Å²) in [6.45, 7) is 15.3. The second-order valence-electron chi connectivity index (χ2n) is 13.6. The van der Waals surface area contributed by atoms with Gasteiger partial charge in [-0.3, -0.25) is 24.2 Å². The molecule has 0 bridgehead atoms. The number of carbonyl (C=O) groups is 3. The Hall–Kier alpha value is -2.33. The van der Waals surface area contributed by atoms with Gasteiger partial charge in [0.15, 0.2) is 5.78 Å². The van der Waals surface area contributed by atoms with E-state index in [0.29, 0.717) is 18.0 Å². The number of piperidine rings is 2. The number of likely N-dealkylation sites (tertiary alicyclic amines) is 2. The zero-order valence-corrected chi connectivity index (χ0v) is 27.8. The van der Waals surface area contributed by atoms with Crippen molar-refractivity contribution in [3.8, 4) is 12.3 Å². The normalized spacial score (nSPS) is 21.1. The summed E-state index contributed by atoms with van der Waals surface area (Å²) in [5.41, 5.74) is 0.962. The van der Waals surface area contributed by atoms with Gasteiger partial charge >= 0.3 is 0 Å². The smallest absolute Gasteiger partial charge is 0.164 e. The van der Waals surface area contributed by atoms with E-state index < -0.39 is 0 Å². The highest BCUT2D eigenvalue weighted by atomic mass is 16.3.